The van der Waals surface area contributed by atoms with Gasteiger partial charge >= 0.3 is 5.69 Å². The van der Waals surface area contributed by atoms with Crippen LogP contribution in [-0.2, 0) is 16.1 Å². The summed E-state index contributed by atoms with van der Waals surface area (Å²) in [5.41, 5.74) is 2.72. The summed E-state index contributed by atoms with van der Waals surface area (Å²) >= 11 is 1.24. The van der Waals surface area contributed by atoms with Crippen LogP contribution < -0.4 is 11.0 Å². The third kappa shape index (κ3) is 4.32. The number of nitrogens with one attached hydrogen (secondary N) is 2. The molecule has 1 atom stereocenters. The summed E-state index contributed by atoms with van der Waals surface area (Å²) in [5, 5.41) is 9.89. The van der Waals surface area contributed by atoms with E-state index < -0.39 is 0 Å². The van der Waals surface area contributed by atoms with Gasteiger partial charge in [-0.2, -0.15) is 0 Å². The van der Waals surface area contributed by atoms with Crippen molar-refractivity contribution in [2.45, 2.75) is 44.5 Å². The van der Waals surface area contributed by atoms with E-state index in [2.05, 4.69) is 15.5 Å². The fraction of sp³-hybridized carbons (Fsp3) is 0.471. The molecule has 25 heavy (non-hydrogen) atoms. The second-order valence-corrected chi connectivity index (χ2v) is 7.08. The molecular formula is C17H22N4O3S. The van der Waals surface area contributed by atoms with Gasteiger partial charge in [0.05, 0.1) is 18.4 Å². The van der Waals surface area contributed by atoms with E-state index in [1.807, 2.05) is 32.0 Å². The molecule has 1 aliphatic rings. The Morgan fingerprint density at radius 2 is 2.32 bits per heavy atom. The number of H-pyrrole nitrogens is 1. The minimum atomic E-state index is -0.270. The first-order valence-electron chi connectivity index (χ1n) is 8.30. The first-order chi connectivity index (χ1) is 12.0. The highest BCUT2D eigenvalue weighted by atomic mass is 32.2. The number of thioether (sulfide) groups is 1. The molecule has 134 valence electrons. The molecule has 1 fully saturated rings. The molecule has 0 unspecified atom stereocenters. The van der Waals surface area contributed by atoms with E-state index in [0.29, 0.717) is 11.7 Å². The highest BCUT2D eigenvalue weighted by Crippen LogP contribution is 2.20. The van der Waals surface area contributed by atoms with E-state index >= 15 is 0 Å². The zero-order chi connectivity index (χ0) is 17.8. The van der Waals surface area contributed by atoms with Crippen LogP contribution in [0, 0.1) is 13.8 Å². The summed E-state index contributed by atoms with van der Waals surface area (Å²) in [6, 6.07) is 5.80. The molecular weight excluding hydrogens is 340 g/mol. The Morgan fingerprint density at radius 3 is 3.08 bits per heavy atom. The number of hydrogen-bond donors (Lipinski definition) is 2. The quantitative estimate of drug-likeness (QED) is 0.768. The lowest BCUT2D eigenvalue weighted by Gasteiger charge is -2.12. The molecule has 2 N–H and O–H groups in total. The van der Waals surface area contributed by atoms with E-state index in [-0.39, 0.29) is 23.5 Å². The van der Waals surface area contributed by atoms with Crippen molar-refractivity contribution in [1.82, 2.24) is 14.8 Å². The van der Waals surface area contributed by atoms with Gasteiger partial charge in [0.1, 0.15) is 0 Å². The number of hydrogen-bond acceptors (Lipinski definition) is 5. The first-order valence-corrected chi connectivity index (χ1v) is 9.29. The van der Waals surface area contributed by atoms with Gasteiger partial charge in [0.2, 0.25) is 5.91 Å². The predicted octanol–water partition coefficient (Wildman–Crippen LogP) is 2.10. The Bertz CT molecular complexity index is 808. The predicted molar refractivity (Wildman–Crippen MR) is 97.1 cm³/mol. The minimum absolute atomic E-state index is 0.0402. The highest BCUT2D eigenvalue weighted by molar-refractivity contribution is 7.99. The molecule has 2 aromatic rings. The molecule has 1 aromatic heterocycles. The fourth-order valence-electron chi connectivity index (χ4n) is 2.77. The lowest BCUT2D eigenvalue weighted by Crippen LogP contribution is -2.25. The third-order valence-electron chi connectivity index (χ3n) is 4.34. The summed E-state index contributed by atoms with van der Waals surface area (Å²) in [5.74, 6) is 0.0567. The number of benzene rings is 1. The SMILES string of the molecule is Cc1cccc(NC(=O)CSc2n[nH]c(=O)n2C[C@@H]2CCCO2)c1C. The van der Waals surface area contributed by atoms with Crippen LogP contribution in [0.3, 0.4) is 0 Å². The van der Waals surface area contributed by atoms with Crippen molar-refractivity contribution in [3.05, 3.63) is 39.8 Å². The highest BCUT2D eigenvalue weighted by Gasteiger charge is 2.20. The zero-order valence-electron chi connectivity index (χ0n) is 14.4. The molecule has 0 saturated carbocycles. The molecule has 0 aliphatic carbocycles. The van der Waals surface area contributed by atoms with Gasteiger partial charge in [-0.25, -0.2) is 9.89 Å². The normalized spacial score (nSPS) is 17.0. The van der Waals surface area contributed by atoms with Crippen LogP contribution >= 0.6 is 11.8 Å². The van der Waals surface area contributed by atoms with Crippen LogP contribution in [0.25, 0.3) is 0 Å². The van der Waals surface area contributed by atoms with Crippen molar-refractivity contribution in [3.63, 3.8) is 0 Å². The standard InChI is InChI=1S/C17H22N4O3S/c1-11-5-3-7-14(12(11)2)18-15(22)10-25-17-20-19-16(23)21(17)9-13-6-4-8-24-13/h3,5,7,13H,4,6,8-10H2,1-2H3,(H,18,22)(H,19,23)/t13-/m0/s1. The van der Waals surface area contributed by atoms with E-state index in [9.17, 15) is 9.59 Å². The van der Waals surface area contributed by atoms with Gasteiger partial charge in [0.25, 0.3) is 0 Å². The molecule has 0 radical (unpaired) electrons. The number of aryl methyl sites for hydroxylation is 1. The average molecular weight is 362 g/mol. The maximum Gasteiger partial charge on any atom is 0.344 e. The molecule has 1 saturated heterocycles. The van der Waals surface area contributed by atoms with Gasteiger partial charge in [0.15, 0.2) is 5.16 Å². The number of ether oxygens (including phenoxy) is 1. The van der Waals surface area contributed by atoms with Crippen molar-refractivity contribution in [2.75, 3.05) is 17.7 Å². The van der Waals surface area contributed by atoms with Gasteiger partial charge in [-0.1, -0.05) is 23.9 Å². The first kappa shape index (κ1) is 17.8. The molecule has 1 aromatic carbocycles. The smallest absolute Gasteiger partial charge is 0.344 e. The molecule has 2 heterocycles. The third-order valence-corrected chi connectivity index (χ3v) is 5.32. The number of amides is 1. The van der Waals surface area contributed by atoms with Crippen molar-refractivity contribution < 1.29 is 9.53 Å². The van der Waals surface area contributed by atoms with Gasteiger partial charge < -0.3 is 10.1 Å². The van der Waals surface area contributed by atoms with Crippen LogP contribution in [0.5, 0.6) is 0 Å². The van der Waals surface area contributed by atoms with Crippen LogP contribution in [0.1, 0.15) is 24.0 Å². The molecule has 0 bridgehead atoms. The minimum Gasteiger partial charge on any atom is -0.376 e. The number of rotatable bonds is 6. The number of aromatic nitrogens is 3. The maximum atomic E-state index is 12.2. The van der Waals surface area contributed by atoms with E-state index in [1.165, 1.54) is 11.8 Å². The molecule has 3 rings (SSSR count). The van der Waals surface area contributed by atoms with Crippen LogP contribution in [-0.4, -0.2) is 39.1 Å². The van der Waals surface area contributed by atoms with Crippen molar-refractivity contribution in [3.8, 4) is 0 Å². The van der Waals surface area contributed by atoms with E-state index in [0.717, 1.165) is 36.3 Å². The topological polar surface area (TPSA) is 89.0 Å². The molecule has 1 aliphatic heterocycles. The van der Waals surface area contributed by atoms with Gasteiger partial charge in [-0.3, -0.25) is 9.36 Å². The number of carbonyl (C=O) groups excluding carboxylic acids is 1. The lowest BCUT2D eigenvalue weighted by atomic mass is 10.1. The van der Waals surface area contributed by atoms with Crippen molar-refractivity contribution >= 4 is 23.4 Å². The Balaban J connectivity index is 1.60. The molecule has 0 spiro atoms. The number of carbonyl (C=O) groups is 1. The van der Waals surface area contributed by atoms with Crippen LogP contribution in [0.2, 0.25) is 0 Å². The zero-order valence-corrected chi connectivity index (χ0v) is 15.2. The Hall–Kier alpha value is -2.06. The fourth-order valence-corrected chi connectivity index (χ4v) is 3.53. The Labute approximate surface area is 150 Å². The summed E-state index contributed by atoms with van der Waals surface area (Å²) < 4.78 is 7.12. The monoisotopic (exact) mass is 362 g/mol. The van der Waals surface area contributed by atoms with Crippen molar-refractivity contribution in [2.24, 2.45) is 0 Å². The molecule has 7 nitrogen and oxygen atoms in total. The Morgan fingerprint density at radius 1 is 1.48 bits per heavy atom. The molecule has 1 amide bonds. The molecule has 8 heteroatoms. The second-order valence-electron chi connectivity index (χ2n) is 6.14. The van der Waals surface area contributed by atoms with Crippen LogP contribution in [0.4, 0.5) is 5.69 Å². The van der Waals surface area contributed by atoms with Crippen LogP contribution in [0.15, 0.2) is 28.2 Å². The van der Waals surface area contributed by atoms with E-state index in [1.54, 1.807) is 4.57 Å². The van der Waals surface area contributed by atoms with Gasteiger partial charge in [-0.05, 0) is 43.9 Å². The number of anilines is 1. The average Bonchev–Trinajstić information content (AvgIpc) is 3.22. The summed E-state index contributed by atoms with van der Waals surface area (Å²) in [6.07, 6.45) is 1.99. The second kappa shape index (κ2) is 7.88. The lowest BCUT2D eigenvalue weighted by molar-refractivity contribution is -0.113. The largest absolute Gasteiger partial charge is 0.376 e. The summed E-state index contributed by atoms with van der Waals surface area (Å²) in [7, 11) is 0. The number of nitrogens with zero attached hydrogens (tertiary/aromatic N) is 2. The van der Waals surface area contributed by atoms with Crippen molar-refractivity contribution in [1.29, 1.82) is 0 Å². The number of aromatic amines is 1. The Kier molecular flexibility index (Phi) is 5.60. The van der Waals surface area contributed by atoms with Gasteiger partial charge in [0, 0.05) is 12.3 Å². The van der Waals surface area contributed by atoms with Gasteiger partial charge in [-0.15, -0.1) is 5.10 Å². The summed E-state index contributed by atoms with van der Waals surface area (Å²) in [4.78, 5) is 24.2. The van der Waals surface area contributed by atoms with E-state index in [4.69, 9.17) is 4.74 Å². The summed E-state index contributed by atoms with van der Waals surface area (Å²) in [6.45, 7) is 5.19. The maximum absolute atomic E-state index is 12.2.